The van der Waals surface area contributed by atoms with Gasteiger partial charge in [0.2, 0.25) is 5.91 Å². The number of rotatable bonds is 6. The van der Waals surface area contributed by atoms with Crippen LogP contribution in [-0.2, 0) is 9.59 Å². The second-order valence-corrected chi connectivity index (χ2v) is 5.40. The van der Waals surface area contributed by atoms with Crippen molar-refractivity contribution in [1.82, 2.24) is 4.90 Å². The van der Waals surface area contributed by atoms with E-state index in [1.165, 1.54) is 0 Å². The average molecular weight is 342 g/mol. The van der Waals surface area contributed by atoms with Gasteiger partial charge in [-0.25, -0.2) is 0 Å². The molecule has 116 valence electrons. The Morgan fingerprint density at radius 1 is 1.29 bits per heavy atom. The first-order valence-corrected chi connectivity index (χ1v) is 6.99. The highest BCUT2D eigenvalue weighted by molar-refractivity contribution is 8.00. The summed E-state index contributed by atoms with van der Waals surface area (Å²) in [7, 11) is 0. The Kier molecular flexibility index (Phi) is 6.35. The van der Waals surface area contributed by atoms with Crippen LogP contribution in [0.4, 0.5) is 13.2 Å². The highest BCUT2D eigenvalue weighted by atomic mass is 35.5. The third kappa shape index (κ3) is 6.72. The number of alkyl halides is 3. The van der Waals surface area contributed by atoms with Crippen LogP contribution in [-0.4, -0.2) is 46.9 Å². The molecular formula is C12H11ClF3NO3S. The molecule has 0 saturated heterocycles. The Bertz CT molecular complexity index is 525. The molecule has 1 rings (SSSR count). The van der Waals surface area contributed by atoms with Crippen molar-refractivity contribution in [2.24, 2.45) is 0 Å². The zero-order chi connectivity index (χ0) is 16.0. The topological polar surface area (TPSA) is 57.6 Å². The Balaban J connectivity index is 2.68. The van der Waals surface area contributed by atoms with E-state index in [0.29, 0.717) is 9.92 Å². The minimum absolute atomic E-state index is 0.256. The molecule has 21 heavy (non-hydrogen) atoms. The Morgan fingerprint density at radius 3 is 2.43 bits per heavy atom. The smallest absolute Gasteiger partial charge is 0.406 e. The van der Waals surface area contributed by atoms with Crippen LogP contribution in [0.2, 0.25) is 5.02 Å². The Morgan fingerprint density at radius 2 is 1.90 bits per heavy atom. The molecule has 1 aromatic rings. The van der Waals surface area contributed by atoms with Gasteiger partial charge in [0.1, 0.15) is 13.1 Å². The largest absolute Gasteiger partial charge is 0.480 e. The fourth-order valence-corrected chi connectivity index (χ4v) is 2.55. The quantitative estimate of drug-likeness (QED) is 0.808. The second kappa shape index (κ2) is 7.56. The van der Waals surface area contributed by atoms with Crippen LogP contribution in [0.3, 0.4) is 0 Å². The average Bonchev–Trinajstić information content (AvgIpc) is 2.34. The summed E-state index contributed by atoms with van der Waals surface area (Å²) in [5.74, 6) is -2.75. The van der Waals surface area contributed by atoms with E-state index >= 15 is 0 Å². The number of benzene rings is 1. The van der Waals surface area contributed by atoms with Crippen LogP contribution in [0, 0.1) is 0 Å². The fraction of sp³-hybridized carbons (Fsp3) is 0.333. The van der Waals surface area contributed by atoms with E-state index in [-0.39, 0.29) is 10.7 Å². The van der Waals surface area contributed by atoms with Crippen molar-refractivity contribution in [2.75, 3.05) is 18.8 Å². The molecule has 0 radical (unpaired) electrons. The van der Waals surface area contributed by atoms with Crippen molar-refractivity contribution in [3.63, 3.8) is 0 Å². The summed E-state index contributed by atoms with van der Waals surface area (Å²) in [6.07, 6.45) is -4.65. The van der Waals surface area contributed by atoms with Crippen molar-refractivity contribution in [2.45, 2.75) is 11.1 Å². The van der Waals surface area contributed by atoms with E-state index in [2.05, 4.69) is 0 Å². The molecule has 9 heteroatoms. The maximum absolute atomic E-state index is 12.3. The third-order valence-electron chi connectivity index (χ3n) is 2.24. The summed E-state index contributed by atoms with van der Waals surface area (Å²) >= 11 is 6.81. The maximum Gasteiger partial charge on any atom is 0.406 e. The predicted molar refractivity (Wildman–Crippen MR) is 72.4 cm³/mol. The molecule has 0 saturated carbocycles. The lowest BCUT2D eigenvalue weighted by Gasteiger charge is -2.22. The van der Waals surface area contributed by atoms with Gasteiger partial charge < -0.3 is 10.0 Å². The van der Waals surface area contributed by atoms with Crippen LogP contribution in [0.15, 0.2) is 29.2 Å². The Labute approximate surface area is 127 Å². The minimum atomic E-state index is -4.65. The lowest BCUT2D eigenvalue weighted by atomic mass is 10.4. The van der Waals surface area contributed by atoms with Crippen LogP contribution in [0.5, 0.6) is 0 Å². The molecule has 0 aromatic heterocycles. The van der Waals surface area contributed by atoms with Crippen LogP contribution in [0.25, 0.3) is 0 Å². The molecule has 0 heterocycles. The van der Waals surface area contributed by atoms with Crippen molar-refractivity contribution >= 4 is 35.2 Å². The van der Waals surface area contributed by atoms with Gasteiger partial charge in [0, 0.05) is 4.90 Å². The van der Waals surface area contributed by atoms with Gasteiger partial charge in [-0.2, -0.15) is 13.2 Å². The number of carbonyl (C=O) groups excluding carboxylic acids is 1. The fourth-order valence-electron chi connectivity index (χ4n) is 1.40. The van der Waals surface area contributed by atoms with E-state index in [1.54, 1.807) is 24.3 Å². The summed E-state index contributed by atoms with van der Waals surface area (Å²) in [6.45, 7) is -2.59. The second-order valence-electron chi connectivity index (χ2n) is 3.98. The molecule has 0 aliphatic carbocycles. The van der Waals surface area contributed by atoms with Gasteiger partial charge in [-0.15, -0.1) is 11.8 Å². The monoisotopic (exact) mass is 341 g/mol. The van der Waals surface area contributed by atoms with Crippen molar-refractivity contribution in [3.8, 4) is 0 Å². The van der Waals surface area contributed by atoms with Crippen molar-refractivity contribution < 1.29 is 27.9 Å². The summed E-state index contributed by atoms with van der Waals surface area (Å²) in [5, 5.41) is 8.94. The molecule has 0 bridgehead atoms. The van der Waals surface area contributed by atoms with E-state index < -0.39 is 31.1 Å². The number of hydrogen-bond donors (Lipinski definition) is 1. The van der Waals surface area contributed by atoms with E-state index in [9.17, 15) is 22.8 Å². The SMILES string of the molecule is O=C(O)CN(CC(F)(F)F)C(=O)CSc1ccccc1Cl. The van der Waals surface area contributed by atoms with Gasteiger partial charge in [-0.05, 0) is 12.1 Å². The minimum Gasteiger partial charge on any atom is -0.480 e. The molecule has 0 unspecified atom stereocenters. The number of carbonyl (C=O) groups is 2. The Hall–Kier alpha value is -1.41. The van der Waals surface area contributed by atoms with Gasteiger partial charge in [0.15, 0.2) is 0 Å². The summed E-state index contributed by atoms with van der Waals surface area (Å²) in [4.78, 5) is 23.1. The summed E-state index contributed by atoms with van der Waals surface area (Å²) in [5.41, 5.74) is 0. The number of aliphatic carboxylic acids is 1. The summed E-state index contributed by atoms with van der Waals surface area (Å²) in [6, 6.07) is 6.54. The van der Waals surface area contributed by atoms with E-state index in [0.717, 1.165) is 11.8 Å². The molecule has 1 aromatic carbocycles. The van der Waals surface area contributed by atoms with E-state index in [4.69, 9.17) is 16.7 Å². The third-order valence-corrected chi connectivity index (χ3v) is 3.74. The molecular weight excluding hydrogens is 331 g/mol. The first-order valence-electron chi connectivity index (χ1n) is 5.62. The van der Waals surface area contributed by atoms with Crippen molar-refractivity contribution in [1.29, 1.82) is 0 Å². The van der Waals surface area contributed by atoms with Crippen LogP contribution < -0.4 is 0 Å². The number of carboxylic acids is 1. The molecule has 0 aliphatic rings. The molecule has 0 spiro atoms. The lowest BCUT2D eigenvalue weighted by molar-refractivity contribution is -0.164. The molecule has 0 fully saturated rings. The number of nitrogens with zero attached hydrogens (tertiary/aromatic N) is 1. The van der Waals surface area contributed by atoms with Gasteiger partial charge in [0.25, 0.3) is 0 Å². The van der Waals surface area contributed by atoms with Gasteiger partial charge in [-0.3, -0.25) is 9.59 Å². The highest BCUT2D eigenvalue weighted by Gasteiger charge is 2.33. The standard InChI is InChI=1S/C12H11ClF3NO3S/c13-8-3-1-2-4-9(8)21-6-10(18)17(5-11(19)20)7-12(14,15)16/h1-4H,5-7H2,(H,19,20). The van der Waals surface area contributed by atoms with Gasteiger partial charge in [0.05, 0.1) is 10.8 Å². The highest BCUT2D eigenvalue weighted by Crippen LogP contribution is 2.27. The normalized spacial score (nSPS) is 11.2. The van der Waals surface area contributed by atoms with Gasteiger partial charge >= 0.3 is 12.1 Å². The lowest BCUT2D eigenvalue weighted by Crippen LogP contribution is -2.42. The van der Waals surface area contributed by atoms with Crippen molar-refractivity contribution in [3.05, 3.63) is 29.3 Å². The molecule has 1 N–H and O–H groups in total. The summed E-state index contributed by atoms with van der Waals surface area (Å²) < 4.78 is 37.0. The number of thioether (sulfide) groups is 1. The number of halogens is 4. The molecule has 1 amide bonds. The molecule has 0 aliphatic heterocycles. The first-order chi connectivity index (χ1) is 9.69. The number of hydrogen-bond acceptors (Lipinski definition) is 3. The predicted octanol–water partition coefficient (Wildman–Crippen LogP) is 2.91. The zero-order valence-corrected chi connectivity index (χ0v) is 12.1. The molecule has 0 atom stereocenters. The van der Waals surface area contributed by atoms with Crippen LogP contribution >= 0.6 is 23.4 Å². The number of carboxylic acid groups (broad SMARTS) is 1. The van der Waals surface area contributed by atoms with Gasteiger partial charge in [-0.1, -0.05) is 23.7 Å². The van der Waals surface area contributed by atoms with Crippen LogP contribution in [0.1, 0.15) is 0 Å². The zero-order valence-electron chi connectivity index (χ0n) is 10.6. The maximum atomic E-state index is 12.3. The first kappa shape index (κ1) is 17.6. The molecule has 4 nitrogen and oxygen atoms in total. The van der Waals surface area contributed by atoms with E-state index in [1.807, 2.05) is 0 Å². The number of amides is 1.